The first-order chi connectivity index (χ1) is 14.6. The maximum Gasteiger partial charge on any atom is 0.272 e. The van der Waals surface area contributed by atoms with Crippen molar-refractivity contribution in [2.75, 3.05) is 5.01 Å². The van der Waals surface area contributed by atoms with Crippen LogP contribution in [-0.4, -0.2) is 11.1 Å². The van der Waals surface area contributed by atoms with Gasteiger partial charge in [0.2, 0.25) is 0 Å². The summed E-state index contributed by atoms with van der Waals surface area (Å²) in [6.45, 7) is 1.71. The van der Waals surface area contributed by atoms with E-state index in [1.54, 1.807) is 25.3 Å². The van der Waals surface area contributed by atoms with Gasteiger partial charge in [-0.05, 0) is 55.5 Å². The molecule has 148 valence electrons. The number of nitrogens with zero attached hydrogens (tertiary/aromatic N) is 3. The summed E-state index contributed by atoms with van der Waals surface area (Å²) in [4.78, 5) is 10.6. The van der Waals surface area contributed by atoms with E-state index in [1.807, 2.05) is 77.8 Å². The Morgan fingerprint density at radius 2 is 1.53 bits per heavy atom. The SMILES string of the molecule is Cc1cc(-c2ccc(/C=N\N(c3ccccc3)c3ccccc3)o2)ccc1[N+](=O)[O-]. The lowest BCUT2D eigenvalue weighted by Gasteiger charge is -2.18. The predicted molar refractivity (Wildman–Crippen MR) is 118 cm³/mol. The second-order valence-corrected chi connectivity index (χ2v) is 6.69. The maximum atomic E-state index is 11.0. The summed E-state index contributed by atoms with van der Waals surface area (Å²) in [5, 5.41) is 17.5. The Hall–Kier alpha value is -4.19. The van der Waals surface area contributed by atoms with Crippen LogP contribution in [0, 0.1) is 17.0 Å². The number of para-hydroxylation sites is 2. The van der Waals surface area contributed by atoms with Crippen LogP contribution in [0.25, 0.3) is 11.3 Å². The Kier molecular flexibility index (Phi) is 5.39. The van der Waals surface area contributed by atoms with Gasteiger partial charge in [-0.2, -0.15) is 5.10 Å². The quantitative estimate of drug-likeness (QED) is 0.216. The third-order valence-electron chi connectivity index (χ3n) is 4.61. The number of nitro benzene ring substituents is 1. The van der Waals surface area contributed by atoms with E-state index in [0.29, 0.717) is 17.1 Å². The maximum absolute atomic E-state index is 11.0. The van der Waals surface area contributed by atoms with Crippen LogP contribution in [0.15, 0.2) is 101 Å². The van der Waals surface area contributed by atoms with Crippen LogP contribution < -0.4 is 5.01 Å². The highest BCUT2D eigenvalue weighted by atomic mass is 16.6. The van der Waals surface area contributed by atoms with Gasteiger partial charge in [-0.25, -0.2) is 5.01 Å². The summed E-state index contributed by atoms with van der Waals surface area (Å²) in [7, 11) is 0. The fourth-order valence-corrected chi connectivity index (χ4v) is 3.13. The zero-order valence-corrected chi connectivity index (χ0v) is 16.3. The molecule has 6 nitrogen and oxygen atoms in total. The monoisotopic (exact) mass is 397 g/mol. The molecule has 4 aromatic rings. The molecule has 0 saturated heterocycles. The number of hydrazone groups is 1. The number of hydrogen-bond acceptors (Lipinski definition) is 5. The molecule has 0 spiro atoms. The zero-order chi connectivity index (χ0) is 20.9. The fraction of sp³-hybridized carbons (Fsp3) is 0.0417. The van der Waals surface area contributed by atoms with E-state index in [0.717, 1.165) is 16.9 Å². The largest absolute Gasteiger partial charge is 0.455 e. The Morgan fingerprint density at radius 3 is 2.10 bits per heavy atom. The first-order valence-electron chi connectivity index (χ1n) is 9.41. The van der Waals surface area contributed by atoms with Gasteiger partial charge in [-0.1, -0.05) is 36.4 Å². The van der Waals surface area contributed by atoms with Crippen molar-refractivity contribution in [1.82, 2.24) is 0 Å². The van der Waals surface area contributed by atoms with E-state index in [1.165, 1.54) is 6.07 Å². The van der Waals surface area contributed by atoms with Crippen molar-refractivity contribution in [3.8, 4) is 11.3 Å². The van der Waals surface area contributed by atoms with Crippen LogP contribution in [-0.2, 0) is 0 Å². The average molecular weight is 397 g/mol. The number of hydrogen-bond donors (Lipinski definition) is 0. The number of rotatable bonds is 6. The van der Waals surface area contributed by atoms with Crippen molar-refractivity contribution in [2.45, 2.75) is 6.92 Å². The van der Waals surface area contributed by atoms with Crippen LogP contribution in [0.2, 0.25) is 0 Å². The number of furan rings is 1. The molecule has 0 amide bonds. The minimum Gasteiger partial charge on any atom is -0.455 e. The van der Waals surface area contributed by atoms with E-state index >= 15 is 0 Å². The van der Waals surface area contributed by atoms with Crippen LogP contribution in [0.1, 0.15) is 11.3 Å². The van der Waals surface area contributed by atoms with Gasteiger partial charge in [0.05, 0.1) is 22.5 Å². The molecule has 0 aliphatic carbocycles. The van der Waals surface area contributed by atoms with Crippen LogP contribution >= 0.6 is 0 Å². The van der Waals surface area contributed by atoms with Crippen molar-refractivity contribution in [3.05, 3.63) is 112 Å². The zero-order valence-electron chi connectivity index (χ0n) is 16.3. The minimum atomic E-state index is -0.388. The van der Waals surface area contributed by atoms with Gasteiger partial charge in [0.15, 0.2) is 0 Å². The van der Waals surface area contributed by atoms with Crippen molar-refractivity contribution < 1.29 is 9.34 Å². The lowest BCUT2D eigenvalue weighted by molar-refractivity contribution is -0.385. The normalized spacial score (nSPS) is 11.0. The summed E-state index contributed by atoms with van der Waals surface area (Å²) >= 11 is 0. The van der Waals surface area contributed by atoms with Crippen molar-refractivity contribution in [2.24, 2.45) is 5.10 Å². The molecule has 0 radical (unpaired) electrons. The summed E-state index contributed by atoms with van der Waals surface area (Å²) < 4.78 is 5.90. The second-order valence-electron chi connectivity index (χ2n) is 6.69. The van der Waals surface area contributed by atoms with Crippen LogP contribution in [0.3, 0.4) is 0 Å². The highest BCUT2D eigenvalue weighted by molar-refractivity contribution is 5.80. The third kappa shape index (κ3) is 4.12. The molecular formula is C24H19N3O3. The molecule has 6 heteroatoms. The molecule has 30 heavy (non-hydrogen) atoms. The minimum absolute atomic E-state index is 0.0912. The lowest BCUT2D eigenvalue weighted by atomic mass is 10.1. The van der Waals surface area contributed by atoms with Crippen molar-refractivity contribution in [1.29, 1.82) is 0 Å². The van der Waals surface area contributed by atoms with Gasteiger partial charge in [0.1, 0.15) is 11.5 Å². The molecule has 4 rings (SSSR count). The Bertz CT molecular complexity index is 1150. The summed E-state index contributed by atoms with van der Waals surface area (Å²) in [5.74, 6) is 1.21. The molecule has 0 atom stereocenters. The van der Waals surface area contributed by atoms with Gasteiger partial charge in [0, 0.05) is 17.2 Å². The summed E-state index contributed by atoms with van der Waals surface area (Å²) in [5.41, 5.74) is 3.31. The van der Waals surface area contributed by atoms with E-state index in [9.17, 15) is 10.1 Å². The van der Waals surface area contributed by atoms with E-state index < -0.39 is 0 Å². The Morgan fingerprint density at radius 1 is 0.900 bits per heavy atom. The fourth-order valence-electron chi connectivity index (χ4n) is 3.13. The molecule has 0 N–H and O–H groups in total. The Labute approximate surface area is 173 Å². The summed E-state index contributed by atoms with van der Waals surface area (Å²) in [6.07, 6.45) is 1.65. The van der Waals surface area contributed by atoms with Gasteiger partial charge < -0.3 is 4.42 Å². The molecule has 3 aromatic carbocycles. The van der Waals surface area contributed by atoms with Crippen LogP contribution in [0.4, 0.5) is 17.1 Å². The predicted octanol–water partition coefficient (Wildman–Crippen LogP) is 6.34. The second kappa shape index (κ2) is 8.45. The molecule has 1 aromatic heterocycles. The first-order valence-corrected chi connectivity index (χ1v) is 9.41. The smallest absolute Gasteiger partial charge is 0.272 e. The van der Waals surface area contributed by atoms with Gasteiger partial charge in [-0.15, -0.1) is 0 Å². The van der Waals surface area contributed by atoms with Crippen molar-refractivity contribution >= 4 is 23.3 Å². The van der Waals surface area contributed by atoms with E-state index in [-0.39, 0.29) is 10.6 Å². The highest BCUT2D eigenvalue weighted by Gasteiger charge is 2.13. The third-order valence-corrected chi connectivity index (χ3v) is 4.61. The van der Waals surface area contributed by atoms with Crippen molar-refractivity contribution in [3.63, 3.8) is 0 Å². The van der Waals surface area contributed by atoms with Crippen LogP contribution in [0.5, 0.6) is 0 Å². The number of anilines is 2. The lowest BCUT2D eigenvalue weighted by Crippen LogP contribution is -2.08. The Balaban J connectivity index is 1.61. The van der Waals surface area contributed by atoms with Gasteiger partial charge in [-0.3, -0.25) is 10.1 Å². The number of nitro groups is 1. The topological polar surface area (TPSA) is 71.9 Å². The molecule has 0 aliphatic heterocycles. The molecule has 0 fully saturated rings. The van der Waals surface area contributed by atoms with Gasteiger partial charge in [0.25, 0.3) is 5.69 Å². The highest BCUT2D eigenvalue weighted by Crippen LogP contribution is 2.28. The van der Waals surface area contributed by atoms with E-state index in [2.05, 4.69) is 5.10 Å². The number of aryl methyl sites for hydroxylation is 1. The van der Waals surface area contributed by atoms with E-state index in [4.69, 9.17) is 4.42 Å². The summed E-state index contributed by atoms with van der Waals surface area (Å²) in [6, 6.07) is 28.3. The standard InChI is InChI=1S/C24H19N3O3/c1-18-16-19(12-14-23(18)27(28)29)24-15-13-22(30-24)17-25-26(20-8-4-2-5-9-20)21-10-6-3-7-11-21/h2-17H,1H3/b25-17-. The molecule has 1 heterocycles. The molecule has 0 unspecified atom stereocenters. The molecule has 0 bridgehead atoms. The molecule has 0 saturated carbocycles. The molecule has 0 aliphatic rings. The molecular weight excluding hydrogens is 378 g/mol. The van der Waals surface area contributed by atoms with Gasteiger partial charge >= 0.3 is 0 Å². The average Bonchev–Trinajstić information content (AvgIpc) is 3.24. The first kappa shape index (κ1) is 19.1. The number of benzene rings is 3.